The van der Waals surface area contributed by atoms with Gasteiger partial charge in [-0.3, -0.25) is 0 Å². The average Bonchev–Trinajstić information content (AvgIpc) is 2.20. The minimum absolute atomic E-state index is 0.411. The Hall–Kier alpha value is -1.29. The van der Waals surface area contributed by atoms with Crippen molar-refractivity contribution in [2.75, 3.05) is 17.7 Å². The molecule has 0 spiro atoms. The van der Waals surface area contributed by atoms with Crippen LogP contribution in [0.3, 0.4) is 0 Å². The summed E-state index contributed by atoms with van der Waals surface area (Å²) in [5.41, 5.74) is 7.55. The Morgan fingerprint density at radius 3 is 2.94 bits per heavy atom. The first-order valence-corrected chi connectivity index (χ1v) is 5.80. The van der Waals surface area contributed by atoms with Crippen LogP contribution in [-0.2, 0) is 4.74 Å². The topological polar surface area (TPSA) is 60.2 Å². The predicted molar refractivity (Wildman–Crippen MR) is 65.4 cm³/mol. The Bertz CT molecular complexity index is 361. The normalized spacial score (nSPS) is 23.9. The van der Waals surface area contributed by atoms with Gasteiger partial charge in [-0.25, -0.2) is 4.98 Å². The quantitative estimate of drug-likeness (QED) is 0.816. The van der Waals surface area contributed by atoms with E-state index in [1.165, 1.54) is 0 Å². The van der Waals surface area contributed by atoms with Crippen molar-refractivity contribution in [1.82, 2.24) is 4.98 Å². The van der Waals surface area contributed by atoms with Crippen LogP contribution in [0.4, 0.5) is 11.5 Å². The molecule has 1 fully saturated rings. The van der Waals surface area contributed by atoms with E-state index in [-0.39, 0.29) is 0 Å². The Labute approximate surface area is 96.2 Å². The van der Waals surface area contributed by atoms with Gasteiger partial charge in [0, 0.05) is 18.3 Å². The number of nitrogens with one attached hydrogen (secondary N) is 1. The summed E-state index contributed by atoms with van der Waals surface area (Å²) in [4.78, 5) is 4.39. The lowest BCUT2D eigenvalue weighted by molar-refractivity contribution is 0.00293. The molecule has 88 valence electrons. The number of nitrogens with zero attached hydrogens (tertiary/aromatic N) is 1. The van der Waals surface area contributed by atoms with Crippen molar-refractivity contribution in [3.63, 3.8) is 0 Å². The van der Waals surface area contributed by atoms with Gasteiger partial charge in [0.05, 0.1) is 11.8 Å². The number of hydrogen-bond acceptors (Lipinski definition) is 4. The minimum Gasteiger partial charge on any atom is -0.396 e. The third kappa shape index (κ3) is 2.44. The van der Waals surface area contributed by atoms with Crippen LogP contribution in [0.2, 0.25) is 0 Å². The maximum Gasteiger partial charge on any atom is 0.149 e. The number of rotatable bonds is 4. The summed E-state index contributed by atoms with van der Waals surface area (Å²) in [5.74, 6) is 0.806. The van der Waals surface area contributed by atoms with Crippen LogP contribution in [0.25, 0.3) is 0 Å². The van der Waals surface area contributed by atoms with Crippen LogP contribution in [0, 0.1) is 6.92 Å². The van der Waals surface area contributed by atoms with E-state index in [0.29, 0.717) is 17.8 Å². The van der Waals surface area contributed by atoms with E-state index in [1.807, 2.05) is 26.0 Å². The summed E-state index contributed by atoms with van der Waals surface area (Å²) in [5, 5.41) is 3.36. The fraction of sp³-hybridized carbons (Fsp3) is 0.583. The van der Waals surface area contributed by atoms with E-state index >= 15 is 0 Å². The van der Waals surface area contributed by atoms with Gasteiger partial charge in [-0.1, -0.05) is 0 Å². The summed E-state index contributed by atoms with van der Waals surface area (Å²) in [6.07, 6.45) is 2.50. The third-order valence-corrected chi connectivity index (χ3v) is 2.90. The zero-order valence-corrected chi connectivity index (χ0v) is 9.86. The van der Waals surface area contributed by atoms with E-state index in [0.717, 1.165) is 31.0 Å². The third-order valence-electron chi connectivity index (χ3n) is 2.90. The van der Waals surface area contributed by atoms with E-state index in [2.05, 4.69) is 10.3 Å². The Balaban J connectivity index is 1.89. The van der Waals surface area contributed by atoms with Crippen molar-refractivity contribution < 1.29 is 4.74 Å². The van der Waals surface area contributed by atoms with Gasteiger partial charge in [-0.05, 0) is 38.8 Å². The van der Waals surface area contributed by atoms with Crippen LogP contribution in [0.5, 0.6) is 0 Å². The fourth-order valence-electron chi connectivity index (χ4n) is 1.93. The molecular formula is C12H19N3O. The number of aromatic nitrogens is 1. The smallest absolute Gasteiger partial charge is 0.149 e. The van der Waals surface area contributed by atoms with E-state index in [9.17, 15) is 0 Å². The lowest BCUT2D eigenvalue weighted by Gasteiger charge is -2.35. The molecule has 2 rings (SSSR count). The first-order valence-electron chi connectivity index (χ1n) is 5.80. The molecule has 4 heteroatoms. The van der Waals surface area contributed by atoms with Crippen LogP contribution in [0.1, 0.15) is 25.5 Å². The van der Waals surface area contributed by atoms with Gasteiger partial charge < -0.3 is 15.8 Å². The fourth-order valence-corrected chi connectivity index (χ4v) is 1.93. The molecule has 1 aromatic rings. The molecule has 1 aromatic heterocycles. The van der Waals surface area contributed by atoms with Gasteiger partial charge in [0.1, 0.15) is 5.82 Å². The molecule has 0 bridgehead atoms. The molecule has 0 unspecified atom stereocenters. The number of nitrogen functional groups attached to an aromatic ring is 1. The summed E-state index contributed by atoms with van der Waals surface area (Å²) in [7, 11) is 0. The Morgan fingerprint density at radius 2 is 2.25 bits per heavy atom. The lowest BCUT2D eigenvalue weighted by atomic mass is 9.89. The highest BCUT2D eigenvalue weighted by Gasteiger charge is 2.29. The van der Waals surface area contributed by atoms with Gasteiger partial charge in [-0.15, -0.1) is 0 Å². The Morgan fingerprint density at radius 1 is 1.50 bits per heavy atom. The van der Waals surface area contributed by atoms with Gasteiger partial charge >= 0.3 is 0 Å². The molecule has 0 saturated heterocycles. The van der Waals surface area contributed by atoms with Crippen molar-refractivity contribution in [1.29, 1.82) is 0 Å². The molecule has 0 aliphatic heterocycles. The van der Waals surface area contributed by atoms with E-state index in [4.69, 9.17) is 10.5 Å². The van der Waals surface area contributed by atoms with Crippen LogP contribution in [-0.4, -0.2) is 23.7 Å². The molecule has 0 radical (unpaired) electrons. The minimum atomic E-state index is 0.411. The highest BCUT2D eigenvalue weighted by Crippen LogP contribution is 2.28. The first kappa shape index (κ1) is 11.2. The van der Waals surface area contributed by atoms with E-state index < -0.39 is 0 Å². The monoisotopic (exact) mass is 221 g/mol. The highest BCUT2D eigenvalue weighted by atomic mass is 16.5. The van der Waals surface area contributed by atoms with Gasteiger partial charge in [0.15, 0.2) is 0 Å². The SMILES string of the molecule is CCOC1CC(Nc2nc(C)ccc2N)C1. The van der Waals surface area contributed by atoms with Crippen molar-refractivity contribution in [2.45, 2.75) is 38.8 Å². The molecule has 1 aliphatic carbocycles. The van der Waals surface area contributed by atoms with Gasteiger partial charge in [-0.2, -0.15) is 0 Å². The molecule has 4 nitrogen and oxygen atoms in total. The van der Waals surface area contributed by atoms with E-state index in [1.54, 1.807) is 0 Å². The molecule has 16 heavy (non-hydrogen) atoms. The average molecular weight is 221 g/mol. The zero-order valence-electron chi connectivity index (χ0n) is 9.86. The summed E-state index contributed by atoms with van der Waals surface area (Å²) >= 11 is 0. The van der Waals surface area contributed by atoms with Crippen LogP contribution >= 0.6 is 0 Å². The number of aryl methyl sites for hydroxylation is 1. The van der Waals surface area contributed by atoms with Gasteiger partial charge in [0.2, 0.25) is 0 Å². The molecule has 0 amide bonds. The standard InChI is InChI=1S/C12H19N3O/c1-3-16-10-6-9(7-10)15-12-11(13)5-4-8(2)14-12/h4-5,9-10H,3,6-7,13H2,1-2H3,(H,14,15). The largest absolute Gasteiger partial charge is 0.396 e. The van der Waals surface area contributed by atoms with Crippen LogP contribution in [0.15, 0.2) is 12.1 Å². The van der Waals surface area contributed by atoms with Gasteiger partial charge in [0.25, 0.3) is 0 Å². The molecule has 1 aliphatic rings. The summed E-state index contributed by atoms with van der Waals surface area (Å²) < 4.78 is 5.51. The van der Waals surface area contributed by atoms with Crippen molar-refractivity contribution in [3.05, 3.63) is 17.8 Å². The maximum atomic E-state index is 5.85. The molecule has 1 heterocycles. The van der Waals surface area contributed by atoms with Crippen molar-refractivity contribution in [2.24, 2.45) is 0 Å². The van der Waals surface area contributed by atoms with Crippen molar-refractivity contribution in [3.8, 4) is 0 Å². The second-order valence-corrected chi connectivity index (χ2v) is 4.28. The second-order valence-electron chi connectivity index (χ2n) is 4.28. The zero-order chi connectivity index (χ0) is 11.5. The number of hydrogen-bond donors (Lipinski definition) is 2. The predicted octanol–water partition coefficient (Wildman–Crippen LogP) is 1.95. The number of ether oxygens (including phenoxy) is 1. The number of nitrogens with two attached hydrogens (primary N) is 1. The molecule has 0 atom stereocenters. The number of anilines is 2. The maximum absolute atomic E-state index is 5.85. The van der Waals surface area contributed by atoms with Crippen LogP contribution < -0.4 is 11.1 Å². The molecule has 3 N–H and O–H groups in total. The lowest BCUT2D eigenvalue weighted by Crippen LogP contribution is -2.41. The Kier molecular flexibility index (Phi) is 3.29. The summed E-state index contributed by atoms with van der Waals surface area (Å²) in [6, 6.07) is 4.27. The van der Waals surface area contributed by atoms with Crippen molar-refractivity contribution >= 4 is 11.5 Å². The molecule has 1 saturated carbocycles. The molecule has 0 aromatic carbocycles. The first-order chi connectivity index (χ1) is 7.69. The highest BCUT2D eigenvalue weighted by molar-refractivity contribution is 5.61. The summed E-state index contributed by atoms with van der Waals surface area (Å²) in [6.45, 7) is 4.79. The second kappa shape index (κ2) is 4.70. The molecular weight excluding hydrogens is 202 g/mol. The number of pyridine rings is 1.